The van der Waals surface area contributed by atoms with E-state index in [0.717, 1.165) is 12.8 Å². The van der Waals surface area contributed by atoms with Gasteiger partial charge in [0.15, 0.2) is 0 Å². The summed E-state index contributed by atoms with van der Waals surface area (Å²) in [6.45, 7) is 1.30. The first-order valence-electron chi connectivity index (χ1n) is 4.32. The molecule has 0 aromatic rings. The summed E-state index contributed by atoms with van der Waals surface area (Å²) >= 11 is 0. The number of rotatable bonds is 1. The van der Waals surface area contributed by atoms with E-state index in [-0.39, 0.29) is 23.3 Å². The van der Waals surface area contributed by atoms with Gasteiger partial charge in [0.1, 0.15) is 5.60 Å². The van der Waals surface area contributed by atoms with Gasteiger partial charge in [-0.3, -0.25) is 0 Å². The molecule has 0 amide bonds. The van der Waals surface area contributed by atoms with E-state index in [9.17, 15) is 0 Å². The van der Waals surface area contributed by atoms with Crippen LogP contribution in [-0.4, -0.2) is 41.7 Å². The molecule has 1 aliphatic carbocycles. The molecule has 68 valence electrons. The van der Waals surface area contributed by atoms with Crippen molar-refractivity contribution in [2.75, 3.05) is 19.8 Å². The molecule has 3 aliphatic heterocycles. The fourth-order valence-corrected chi connectivity index (χ4v) is 2.79. The molecule has 1 spiro atoms. The Labute approximate surface area is 70.6 Å². The van der Waals surface area contributed by atoms with Crippen LogP contribution in [0.5, 0.6) is 0 Å². The van der Waals surface area contributed by atoms with Crippen molar-refractivity contribution in [3.63, 3.8) is 0 Å². The van der Waals surface area contributed by atoms with Crippen LogP contribution in [0.4, 0.5) is 0 Å². The van der Waals surface area contributed by atoms with Crippen LogP contribution in [0, 0.1) is 0 Å². The Balaban J connectivity index is 1.92. The third kappa shape index (κ3) is 0.537. The maximum absolute atomic E-state index is 9.11. The second-order valence-electron chi connectivity index (χ2n) is 4.44. The fourth-order valence-electron chi connectivity index (χ4n) is 2.79. The lowest BCUT2D eigenvalue weighted by molar-refractivity contribution is -0.210. The van der Waals surface area contributed by atoms with Crippen molar-refractivity contribution >= 4 is 0 Å². The van der Waals surface area contributed by atoms with E-state index >= 15 is 0 Å². The van der Waals surface area contributed by atoms with Crippen LogP contribution in [0.25, 0.3) is 0 Å². The van der Waals surface area contributed by atoms with Crippen LogP contribution >= 0.6 is 0 Å². The molecule has 2 bridgehead atoms. The number of hydrogen-bond acceptors (Lipinski definition) is 4. The summed E-state index contributed by atoms with van der Waals surface area (Å²) in [4.78, 5) is 0. The van der Waals surface area contributed by atoms with Crippen molar-refractivity contribution < 1.29 is 14.6 Å². The molecule has 4 heteroatoms. The van der Waals surface area contributed by atoms with Gasteiger partial charge in [-0.1, -0.05) is 0 Å². The molecule has 0 aromatic carbocycles. The third-order valence-corrected chi connectivity index (χ3v) is 3.55. The van der Waals surface area contributed by atoms with Gasteiger partial charge < -0.3 is 20.3 Å². The zero-order valence-electron chi connectivity index (χ0n) is 6.88. The van der Waals surface area contributed by atoms with Crippen LogP contribution in [0.1, 0.15) is 12.8 Å². The van der Waals surface area contributed by atoms with Crippen molar-refractivity contribution in [2.45, 2.75) is 29.6 Å². The van der Waals surface area contributed by atoms with Gasteiger partial charge in [0.25, 0.3) is 0 Å². The monoisotopic (exact) mass is 171 g/mol. The average Bonchev–Trinajstić information content (AvgIpc) is 2.31. The van der Waals surface area contributed by atoms with Crippen LogP contribution in [-0.2, 0) is 9.47 Å². The molecule has 12 heavy (non-hydrogen) atoms. The lowest BCUT2D eigenvalue weighted by Crippen LogP contribution is -2.69. The molecular weight excluding hydrogens is 158 g/mol. The number of ether oxygens (including phenoxy) is 2. The number of aliphatic hydroxyl groups is 1. The number of hydrogen-bond donors (Lipinski definition) is 2. The molecule has 3 saturated heterocycles. The second-order valence-corrected chi connectivity index (χ2v) is 4.44. The second kappa shape index (κ2) is 1.70. The third-order valence-electron chi connectivity index (χ3n) is 3.55. The van der Waals surface area contributed by atoms with Gasteiger partial charge in [0.2, 0.25) is 0 Å². The van der Waals surface area contributed by atoms with E-state index in [4.69, 9.17) is 20.3 Å². The van der Waals surface area contributed by atoms with Gasteiger partial charge in [-0.25, -0.2) is 0 Å². The minimum atomic E-state index is -0.321. The summed E-state index contributed by atoms with van der Waals surface area (Å²) in [7, 11) is 0. The molecule has 0 unspecified atom stereocenters. The smallest absolute Gasteiger partial charge is 0.133 e. The summed E-state index contributed by atoms with van der Waals surface area (Å²) < 4.78 is 10.9. The van der Waals surface area contributed by atoms with E-state index in [2.05, 4.69) is 0 Å². The SMILES string of the molecule is NC12CC(CO)(C1)OC21COC1. The average molecular weight is 171 g/mol. The molecule has 1 saturated carbocycles. The zero-order valence-corrected chi connectivity index (χ0v) is 6.88. The maximum Gasteiger partial charge on any atom is 0.133 e. The molecule has 0 radical (unpaired) electrons. The molecule has 3 heterocycles. The van der Waals surface area contributed by atoms with E-state index < -0.39 is 0 Å². The maximum atomic E-state index is 9.11. The lowest BCUT2D eigenvalue weighted by atomic mass is 9.62. The van der Waals surface area contributed by atoms with Gasteiger partial charge in [-0.2, -0.15) is 0 Å². The van der Waals surface area contributed by atoms with Gasteiger partial charge in [0.05, 0.1) is 31.0 Å². The van der Waals surface area contributed by atoms with Crippen molar-refractivity contribution in [3.05, 3.63) is 0 Å². The summed E-state index contributed by atoms with van der Waals surface area (Å²) in [5, 5.41) is 9.11. The van der Waals surface area contributed by atoms with E-state index in [1.807, 2.05) is 0 Å². The first kappa shape index (κ1) is 7.26. The van der Waals surface area contributed by atoms with Crippen molar-refractivity contribution in [1.82, 2.24) is 0 Å². The highest BCUT2D eigenvalue weighted by Gasteiger charge is 2.75. The number of aliphatic hydroxyl groups excluding tert-OH is 1. The molecule has 4 fully saturated rings. The normalized spacial score (nSPS) is 53.5. The topological polar surface area (TPSA) is 64.7 Å². The van der Waals surface area contributed by atoms with Crippen molar-refractivity contribution in [3.8, 4) is 0 Å². The summed E-state index contributed by atoms with van der Waals surface area (Å²) in [6, 6.07) is 0. The standard InChI is InChI=1S/C8H13NO3/c9-7-1-6(2-7,3-10)12-8(7)4-11-5-8/h10H,1-5,9H2. The summed E-state index contributed by atoms with van der Waals surface area (Å²) in [5.74, 6) is 0. The molecule has 4 aliphatic rings. The lowest BCUT2D eigenvalue weighted by Gasteiger charge is -2.48. The molecule has 0 aromatic heterocycles. The number of nitrogens with two attached hydrogens (primary N) is 1. The van der Waals surface area contributed by atoms with E-state index in [1.165, 1.54) is 0 Å². The molecule has 0 atom stereocenters. The molecule has 4 nitrogen and oxygen atoms in total. The Morgan fingerprint density at radius 3 is 2.25 bits per heavy atom. The first-order chi connectivity index (χ1) is 5.64. The quantitative estimate of drug-likeness (QED) is 0.531. The molecule has 4 rings (SSSR count). The highest BCUT2D eigenvalue weighted by atomic mass is 16.6. The van der Waals surface area contributed by atoms with Crippen LogP contribution < -0.4 is 5.73 Å². The van der Waals surface area contributed by atoms with Crippen molar-refractivity contribution in [2.24, 2.45) is 5.73 Å². The molecule has 3 N–H and O–H groups in total. The van der Waals surface area contributed by atoms with Crippen LogP contribution in [0.2, 0.25) is 0 Å². The molecular formula is C8H13NO3. The Morgan fingerprint density at radius 1 is 1.33 bits per heavy atom. The summed E-state index contributed by atoms with van der Waals surface area (Å²) in [5.41, 5.74) is 5.34. The van der Waals surface area contributed by atoms with Gasteiger partial charge in [0, 0.05) is 0 Å². The van der Waals surface area contributed by atoms with Gasteiger partial charge >= 0.3 is 0 Å². The highest BCUT2D eigenvalue weighted by molar-refractivity contribution is 5.28. The summed E-state index contributed by atoms with van der Waals surface area (Å²) in [6.07, 6.45) is 1.58. The zero-order chi connectivity index (χ0) is 8.45. The van der Waals surface area contributed by atoms with Gasteiger partial charge in [-0.15, -0.1) is 0 Å². The minimum Gasteiger partial charge on any atom is -0.393 e. The largest absolute Gasteiger partial charge is 0.393 e. The van der Waals surface area contributed by atoms with Crippen LogP contribution in [0.3, 0.4) is 0 Å². The van der Waals surface area contributed by atoms with E-state index in [1.54, 1.807) is 0 Å². The Hall–Kier alpha value is -0.160. The minimum absolute atomic E-state index is 0.0910. The highest BCUT2D eigenvalue weighted by Crippen LogP contribution is 2.61. The fraction of sp³-hybridized carbons (Fsp3) is 1.00. The predicted molar refractivity (Wildman–Crippen MR) is 40.6 cm³/mol. The van der Waals surface area contributed by atoms with Crippen LogP contribution in [0.15, 0.2) is 0 Å². The Bertz CT molecular complexity index is 230. The van der Waals surface area contributed by atoms with Gasteiger partial charge in [-0.05, 0) is 12.8 Å². The predicted octanol–water partition coefficient (Wildman–Crippen LogP) is -0.992. The van der Waals surface area contributed by atoms with E-state index in [0.29, 0.717) is 13.2 Å². The Morgan fingerprint density at radius 2 is 2.00 bits per heavy atom. The first-order valence-corrected chi connectivity index (χ1v) is 4.32. The Kier molecular flexibility index (Phi) is 1.03. The van der Waals surface area contributed by atoms with Crippen molar-refractivity contribution in [1.29, 1.82) is 0 Å².